The molecule has 20 heavy (non-hydrogen) atoms. The van der Waals surface area contributed by atoms with Gasteiger partial charge >= 0.3 is 0 Å². The van der Waals surface area contributed by atoms with Gasteiger partial charge in [-0.2, -0.15) is 0 Å². The Morgan fingerprint density at radius 3 is 2.40 bits per heavy atom. The Morgan fingerprint density at radius 2 is 1.85 bits per heavy atom. The summed E-state index contributed by atoms with van der Waals surface area (Å²) < 4.78 is 0. The first kappa shape index (κ1) is 15.9. The molecular formula is C18H28ClN. The summed E-state index contributed by atoms with van der Waals surface area (Å²) in [5, 5.41) is 4.50. The van der Waals surface area contributed by atoms with Crippen LogP contribution >= 0.6 is 11.6 Å². The van der Waals surface area contributed by atoms with Crippen molar-refractivity contribution in [1.82, 2.24) is 5.32 Å². The lowest BCUT2D eigenvalue weighted by Gasteiger charge is -2.57. The van der Waals surface area contributed by atoms with E-state index in [-0.39, 0.29) is 0 Å². The largest absolute Gasteiger partial charge is 0.316 e. The minimum absolute atomic E-state index is 0.298. The summed E-state index contributed by atoms with van der Waals surface area (Å²) >= 11 is 6.21. The lowest BCUT2D eigenvalue weighted by Crippen LogP contribution is -2.54. The van der Waals surface area contributed by atoms with Crippen LogP contribution in [0.1, 0.15) is 58.4 Å². The lowest BCUT2D eigenvalue weighted by atomic mass is 9.48. The van der Waals surface area contributed by atoms with Crippen molar-refractivity contribution in [3.8, 4) is 0 Å². The first-order valence-electron chi connectivity index (χ1n) is 8.06. The van der Waals surface area contributed by atoms with E-state index < -0.39 is 0 Å². The summed E-state index contributed by atoms with van der Waals surface area (Å²) in [4.78, 5) is 0. The topological polar surface area (TPSA) is 12.0 Å². The van der Waals surface area contributed by atoms with Crippen LogP contribution in [0.25, 0.3) is 0 Å². The maximum absolute atomic E-state index is 6.21. The van der Waals surface area contributed by atoms with Crippen molar-refractivity contribution in [2.75, 3.05) is 13.1 Å². The monoisotopic (exact) mass is 293 g/mol. The molecule has 1 aromatic carbocycles. The van der Waals surface area contributed by atoms with E-state index in [9.17, 15) is 0 Å². The normalized spacial score (nSPS) is 19.6. The van der Waals surface area contributed by atoms with E-state index in [1.165, 1.54) is 37.7 Å². The molecule has 1 fully saturated rings. The summed E-state index contributed by atoms with van der Waals surface area (Å²) in [6, 6.07) is 8.50. The first-order valence-corrected chi connectivity index (χ1v) is 8.44. The zero-order chi connectivity index (χ0) is 14.6. The Labute approximate surface area is 129 Å². The maximum Gasteiger partial charge on any atom is 0.0408 e. The van der Waals surface area contributed by atoms with Crippen molar-refractivity contribution >= 4 is 11.6 Å². The minimum atomic E-state index is 0.298. The number of hydrogen-bond acceptors (Lipinski definition) is 1. The fourth-order valence-electron chi connectivity index (χ4n) is 3.89. The van der Waals surface area contributed by atoms with Crippen LogP contribution in [0.3, 0.4) is 0 Å². The van der Waals surface area contributed by atoms with Crippen molar-refractivity contribution in [3.63, 3.8) is 0 Å². The van der Waals surface area contributed by atoms with Crippen LogP contribution in [0, 0.1) is 5.41 Å². The Morgan fingerprint density at radius 1 is 1.15 bits per heavy atom. The van der Waals surface area contributed by atoms with Gasteiger partial charge in [0.15, 0.2) is 0 Å². The standard InChI is InChI=1S/C18H28ClN/c1-4-10-20-14-18(12-17(5-2,6-3)13-18)15-8-7-9-16(19)11-15/h7-9,11,20H,4-6,10,12-14H2,1-3H3. The zero-order valence-electron chi connectivity index (χ0n) is 13.1. The second-order valence-electron chi connectivity index (χ2n) is 6.53. The molecule has 1 saturated carbocycles. The third-order valence-corrected chi connectivity index (χ3v) is 5.49. The van der Waals surface area contributed by atoms with Gasteiger partial charge in [-0.25, -0.2) is 0 Å². The average Bonchev–Trinajstić information content (AvgIpc) is 2.42. The molecule has 1 nitrogen and oxygen atoms in total. The van der Waals surface area contributed by atoms with Crippen molar-refractivity contribution in [2.45, 2.75) is 58.3 Å². The van der Waals surface area contributed by atoms with Gasteiger partial charge in [0.1, 0.15) is 0 Å². The van der Waals surface area contributed by atoms with Gasteiger partial charge in [-0.05, 0) is 48.9 Å². The molecule has 0 heterocycles. The molecule has 2 heteroatoms. The van der Waals surface area contributed by atoms with E-state index in [4.69, 9.17) is 11.6 Å². The predicted molar refractivity (Wildman–Crippen MR) is 88.5 cm³/mol. The molecule has 1 aromatic rings. The number of rotatable bonds is 7. The molecular weight excluding hydrogens is 266 g/mol. The number of nitrogens with one attached hydrogen (secondary N) is 1. The van der Waals surface area contributed by atoms with Crippen LogP contribution in [-0.4, -0.2) is 13.1 Å². The molecule has 1 N–H and O–H groups in total. The third kappa shape index (κ3) is 3.04. The summed E-state index contributed by atoms with van der Waals surface area (Å²) in [6.07, 6.45) is 6.37. The highest BCUT2D eigenvalue weighted by atomic mass is 35.5. The highest BCUT2D eigenvalue weighted by Gasteiger charge is 2.52. The van der Waals surface area contributed by atoms with Crippen molar-refractivity contribution in [1.29, 1.82) is 0 Å². The molecule has 0 aliphatic heterocycles. The quantitative estimate of drug-likeness (QED) is 0.683. The molecule has 112 valence electrons. The second-order valence-corrected chi connectivity index (χ2v) is 6.96. The number of benzene rings is 1. The fourth-order valence-corrected chi connectivity index (χ4v) is 4.08. The third-order valence-electron chi connectivity index (χ3n) is 5.25. The minimum Gasteiger partial charge on any atom is -0.316 e. The fraction of sp³-hybridized carbons (Fsp3) is 0.667. The van der Waals surface area contributed by atoms with Gasteiger partial charge in [0.2, 0.25) is 0 Å². The molecule has 0 atom stereocenters. The summed E-state index contributed by atoms with van der Waals surface area (Å²) in [5.74, 6) is 0. The molecule has 0 bridgehead atoms. The maximum atomic E-state index is 6.21. The highest BCUT2D eigenvalue weighted by molar-refractivity contribution is 6.30. The van der Waals surface area contributed by atoms with Gasteiger partial charge in [0, 0.05) is 17.0 Å². The molecule has 0 spiro atoms. The molecule has 0 amide bonds. The van der Waals surface area contributed by atoms with Gasteiger partial charge in [-0.1, -0.05) is 57.3 Å². The average molecular weight is 294 g/mol. The number of hydrogen-bond donors (Lipinski definition) is 1. The van der Waals surface area contributed by atoms with Crippen LogP contribution in [0.2, 0.25) is 5.02 Å². The van der Waals surface area contributed by atoms with Gasteiger partial charge in [-0.3, -0.25) is 0 Å². The molecule has 2 rings (SSSR count). The van der Waals surface area contributed by atoms with Crippen LogP contribution in [0.4, 0.5) is 0 Å². The Balaban J connectivity index is 2.19. The second kappa shape index (κ2) is 6.49. The molecule has 0 unspecified atom stereocenters. The Hall–Kier alpha value is -0.530. The predicted octanol–water partition coefficient (Wildman–Crippen LogP) is 5.18. The van der Waals surface area contributed by atoms with E-state index in [0.717, 1.165) is 18.1 Å². The van der Waals surface area contributed by atoms with E-state index in [2.05, 4.69) is 44.3 Å². The van der Waals surface area contributed by atoms with Crippen LogP contribution in [0.15, 0.2) is 24.3 Å². The van der Waals surface area contributed by atoms with Crippen LogP contribution in [-0.2, 0) is 5.41 Å². The Bertz CT molecular complexity index is 429. The van der Waals surface area contributed by atoms with Crippen molar-refractivity contribution in [3.05, 3.63) is 34.9 Å². The SMILES string of the molecule is CCCNCC1(c2cccc(Cl)c2)CC(CC)(CC)C1. The first-order chi connectivity index (χ1) is 9.60. The van der Waals surface area contributed by atoms with Gasteiger partial charge in [0.05, 0.1) is 0 Å². The summed E-state index contributed by atoms with van der Waals surface area (Å²) in [5.41, 5.74) is 2.27. The number of halogens is 1. The van der Waals surface area contributed by atoms with Crippen LogP contribution < -0.4 is 5.32 Å². The molecule has 1 aliphatic rings. The summed E-state index contributed by atoms with van der Waals surface area (Å²) in [6.45, 7) is 9.09. The summed E-state index contributed by atoms with van der Waals surface area (Å²) in [7, 11) is 0. The van der Waals surface area contributed by atoms with Gasteiger partial charge in [-0.15, -0.1) is 0 Å². The molecule has 1 aliphatic carbocycles. The van der Waals surface area contributed by atoms with E-state index in [1.807, 2.05) is 6.07 Å². The van der Waals surface area contributed by atoms with Crippen molar-refractivity contribution in [2.24, 2.45) is 5.41 Å². The van der Waals surface area contributed by atoms with E-state index in [0.29, 0.717) is 10.8 Å². The lowest BCUT2D eigenvalue weighted by molar-refractivity contribution is 0.0130. The van der Waals surface area contributed by atoms with Crippen molar-refractivity contribution < 1.29 is 0 Å². The molecule has 0 aromatic heterocycles. The highest BCUT2D eigenvalue weighted by Crippen LogP contribution is 2.59. The zero-order valence-corrected chi connectivity index (χ0v) is 13.9. The molecule has 0 radical (unpaired) electrons. The Kier molecular flexibility index (Phi) is 5.14. The van der Waals surface area contributed by atoms with E-state index >= 15 is 0 Å². The van der Waals surface area contributed by atoms with Gasteiger partial charge < -0.3 is 5.32 Å². The van der Waals surface area contributed by atoms with Crippen LogP contribution in [0.5, 0.6) is 0 Å². The molecule has 0 saturated heterocycles. The van der Waals surface area contributed by atoms with E-state index in [1.54, 1.807) is 0 Å². The van der Waals surface area contributed by atoms with Gasteiger partial charge in [0.25, 0.3) is 0 Å². The smallest absolute Gasteiger partial charge is 0.0408 e.